The number of aliphatic hydroxyl groups is 1. The molecule has 20 heavy (non-hydrogen) atoms. The van der Waals surface area contributed by atoms with Crippen molar-refractivity contribution in [1.82, 2.24) is 4.90 Å². The molecule has 0 aromatic heterocycles. The Morgan fingerprint density at radius 3 is 2.80 bits per heavy atom. The Kier molecular flexibility index (Phi) is 6.49. The molecule has 0 aliphatic heterocycles. The molecule has 1 atom stereocenters. The fourth-order valence-corrected chi connectivity index (χ4v) is 2.66. The number of ether oxygens (including phenoxy) is 1. The molecule has 1 aliphatic carbocycles. The van der Waals surface area contributed by atoms with Gasteiger partial charge in [0.05, 0.1) is 12.7 Å². The fourth-order valence-electron chi connectivity index (χ4n) is 2.11. The third-order valence-corrected chi connectivity index (χ3v) is 4.44. The summed E-state index contributed by atoms with van der Waals surface area (Å²) in [6.07, 6.45) is 3.00. The molecule has 3 nitrogen and oxygen atoms in total. The molecule has 1 N–H and O–H groups in total. The molecule has 1 saturated carbocycles. The standard InChI is InChI=1S/C16H24BrNO2/c1-18(10-11-20-12-13-6-7-13)9-8-16(19)14-4-2-3-5-15(14)17/h2-5,13,16,19H,6-12H2,1H3. The van der Waals surface area contributed by atoms with Crippen molar-refractivity contribution in [3.05, 3.63) is 34.3 Å². The number of halogens is 1. The van der Waals surface area contributed by atoms with Gasteiger partial charge in [0.1, 0.15) is 0 Å². The topological polar surface area (TPSA) is 32.7 Å². The van der Waals surface area contributed by atoms with Crippen LogP contribution in [0.4, 0.5) is 0 Å². The molecule has 1 unspecified atom stereocenters. The Bertz CT molecular complexity index is 409. The quantitative estimate of drug-likeness (QED) is 0.700. The van der Waals surface area contributed by atoms with E-state index >= 15 is 0 Å². The summed E-state index contributed by atoms with van der Waals surface area (Å²) >= 11 is 3.48. The van der Waals surface area contributed by atoms with Crippen LogP contribution in [0, 0.1) is 5.92 Å². The highest BCUT2D eigenvalue weighted by molar-refractivity contribution is 9.10. The summed E-state index contributed by atoms with van der Waals surface area (Å²) in [5.41, 5.74) is 0.964. The average Bonchev–Trinajstić information content (AvgIpc) is 3.25. The van der Waals surface area contributed by atoms with Gasteiger partial charge in [0, 0.05) is 24.2 Å². The van der Waals surface area contributed by atoms with E-state index in [2.05, 4.69) is 27.9 Å². The first-order valence-corrected chi connectivity index (χ1v) is 8.15. The predicted octanol–water partition coefficient (Wildman–Crippen LogP) is 3.23. The average molecular weight is 342 g/mol. The molecule has 2 rings (SSSR count). The minimum Gasteiger partial charge on any atom is -0.388 e. The molecule has 0 heterocycles. The van der Waals surface area contributed by atoms with Crippen molar-refractivity contribution < 1.29 is 9.84 Å². The van der Waals surface area contributed by atoms with Crippen molar-refractivity contribution in [2.75, 3.05) is 33.4 Å². The van der Waals surface area contributed by atoms with Crippen LogP contribution in [-0.2, 0) is 4.74 Å². The maximum Gasteiger partial charge on any atom is 0.0813 e. The van der Waals surface area contributed by atoms with Crippen LogP contribution in [0.1, 0.15) is 30.9 Å². The van der Waals surface area contributed by atoms with Crippen molar-refractivity contribution in [2.45, 2.75) is 25.4 Å². The SMILES string of the molecule is CN(CCOCC1CC1)CCC(O)c1ccccc1Br. The summed E-state index contributed by atoms with van der Waals surface area (Å²) < 4.78 is 6.60. The van der Waals surface area contributed by atoms with Crippen LogP contribution in [0.25, 0.3) is 0 Å². The summed E-state index contributed by atoms with van der Waals surface area (Å²) in [5.74, 6) is 0.831. The largest absolute Gasteiger partial charge is 0.388 e. The second kappa shape index (κ2) is 8.13. The molecule has 0 spiro atoms. The Labute approximate surface area is 130 Å². The zero-order valence-corrected chi connectivity index (χ0v) is 13.7. The molecule has 0 amide bonds. The highest BCUT2D eigenvalue weighted by Crippen LogP contribution is 2.28. The first-order chi connectivity index (χ1) is 9.66. The second-order valence-corrected chi connectivity index (χ2v) is 6.50. The summed E-state index contributed by atoms with van der Waals surface area (Å²) in [6, 6.07) is 7.85. The van der Waals surface area contributed by atoms with Crippen molar-refractivity contribution in [1.29, 1.82) is 0 Å². The second-order valence-electron chi connectivity index (χ2n) is 5.65. The van der Waals surface area contributed by atoms with E-state index in [0.29, 0.717) is 0 Å². The van der Waals surface area contributed by atoms with Crippen molar-refractivity contribution in [3.63, 3.8) is 0 Å². The Morgan fingerprint density at radius 1 is 1.35 bits per heavy atom. The monoisotopic (exact) mass is 341 g/mol. The normalized spacial score (nSPS) is 16.6. The van der Waals surface area contributed by atoms with Crippen LogP contribution in [0.2, 0.25) is 0 Å². The Hall–Kier alpha value is -0.420. The summed E-state index contributed by atoms with van der Waals surface area (Å²) in [6.45, 7) is 3.51. The molecule has 0 radical (unpaired) electrons. The van der Waals surface area contributed by atoms with Gasteiger partial charge >= 0.3 is 0 Å². The highest BCUT2D eigenvalue weighted by Gasteiger charge is 2.21. The third-order valence-electron chi connectivity index (χ3n) is 3.72. The van der Waals surface area contributed by atoms with Crippen LogP contribution < -0.4 is 0 Å². The van der Waals surface area contributed by atoms with E-state index in [1.165, 1.54) is 12.8 Å². The lowest BCUT2D eigenvalue weighted by atomic mass is 10.1. The summed E-state index contributed by atoms with van der Waals surface area (Å²) in [5, 5.41) is 10.2. The van der Waals surface area contributed by atoms with E-state index in [4.69, 9.17) is 4.74 Å². The Morgan fingerprint density at radius 2 is 2.10 bits per heavy atom. The van der Waals surface area contributed by atoms with Crippen molar-refractivity contribution in [2.24, 2.45) is 5.92 Å². The maximum atomic E-state index is 10.2. The van der Waals surface area contributed by atoms with Crippen LogP contribution >= 0.6 is 15.9 Å². The van der Waals surface area contributed by atoms with Gasteiger partial charge in [0.2, 0.25) is 0 Å². The highest BCUT2D eigenvalue weighted by atomic mass is 79.9. The number of rotatable bonds is 9. The molecular weight excluding hydrogens is 318 g/mol. The van der Waals surface area contributed by atoms with Gasteiger partial charge in [-0.25, -0.2) is 0 Å². The third kappa shape index (κ3) is 5.52. The van der Waals surface area contributed by atoms with Gasteiger partial charge in [0.25, 0.3) is 0 Å². The van der Waals surface area contributed by atoms with E-state index in [0.717, 1.165) is 48.7 Å². The molecule has 112 valence electrons. The van der Waals surface area contributed by atoms with Crippen LogP contribution in [0.3, 0.4) is 0 Å². The predicted molar refractivity (Wildman–Crippen MR) is 84.8 cm³/mol. The molecule has 1 aromatic rings. The maximum absolute atomic E-state index is 10.2. The summed E-state index contributed by atoms with van der Waals surface area (Å²) in [4.78, 5) is 2.22. The lowest BCUT2D eigenvalue weighted by Crippen LogP contribution is -2.25. The van der Waals surface area contributed by atoms with Gasteiger partial charge in [-0.05, 0) is 43.9 Å². The van der Waals surface area contributed by atoms with E-state index in [1.54, 1.807) is 0 Å². The fraction of sp³-hybridized carbons (Fsp3) is 0.625. The number of nitrogens with zero attached hydrogens (tertiary/aromatic N) is 1. The molecule has 1 fully saturated rings. The molecular formula is C16H24BrNO2. The van der Waals surface area contributed by atoms with E-state index in [9.17, 15) is 5.11 Å². The molecule has 1 aliphatic rings. The van der Waals surface area contributed by atoms with Gasteiger partial charge in [-0.2, -0.15) is 0 Å². The molecule has 0 saturated heterocycles. The van der Waals surface area contributed by atoms with Crippen LogP contribution in [-0.4, -0.2) is 43.4 Å². The van der Waals surface area contributed by atoms with E-state index in [-0.39, 0.29) is 0 Å². The smallest absolute Gasteiger partial charge is 0.0813 e. The summed E-state index contributed by atoms with van der Waals surface area (Å²) in [7, 11) is 2.08. The first kappa shape index (κ1) is 16.0. The molecule has 1 aromatic carbocycles. The Balaban J connectivity index is 1.61. The van der Waals surface area contributed by atoms with E-state index in [1.807, 2.05) is 24.3 Å². The minimum atomic E-state index is -0.416. The van der Waals surface area contributed by atoms with Gasteiger partial charge in [-0.1, -0.05) is 34.1 Å². The first-order valence-electron chi connectivity index (χ1n) is 7.35. The molecule has 4 heteroatoms. The van der Waals surface area contributed by atoms with Crippen molar-refractivity contribution in [3.8, 4) is 0 Å². The van der Waals surface area contributed by atoms with Gasteiger partial charge in [-0.15, -0.1) is 0 Å². The minimum absolute atomic E-state index is 0.416. The number of hydrogen-bond donors (Lipinski definition) is 1. The van der Waals surface area contributed by atoms with E-state index < -0.39 is 6.10 Å². The zero-order valence-electron chi connectivity index (χ0n) is 12.1. The lowest BCUT2D eigenvalue weighted by molar-refractivity contribution is 0.0947. The number of benzene rings is 1. The number of likely N-dealkylation sites (N-methyl/N-ethyl adjacent to an activating group) is 1. The number of aliphatic hydroxyl groups excluding tert-OH is 1. The van der Waals surface area contributed by atoms with Gasteiger partial charge in [-0.3, -0.25) is 0 Å². The molecule has 0 bridgehead atoms. The van der Waals surface area contributed by atoms with Gasteiger partial charge < -0.3 is 14.7 Å². The number of hydrogen-bond acceptors (Lipinski definition) is 3. The lowest BCUT2D eigenvalue weighted by Gasteiger charge is -2.19. The zero-order chi connectivity index (χ0) is 14.4. The van der Waals surface area contributed by atoms with Crippen LogP contribution in [0.15, 0.2) is 28.7 Å². The van der Waals surface area contributed by atoms with Gasteiger partial charge in [0.15, 0.2) is 0 Å². The van der Waals surface area contributed by atoms with Crippen LogP contribution in [0.5, 0.6) is 0 Å². The van der Waals surface area contributed by atoms with Crippen molar-refractivity contribution >= 4 is 15.9 Å².